The Balaban J connectivity index is 2.74. The maximum Gasteiger partial charge on any atom is 0.331 e. The molecule has 0 aromatic rings. The van der Waals surface area contributed by atoms with E-state index in [0.29, 0.717) is 31.3 Å². The van der Waals surface area contributed by atoms with Gasteiger partial charge in [0.1, 0.15) is 6.10 Å². The maximum atomic E-state index is 12.5. The van der Waals surface area contributed by atoms with Crippen LogP contribution in [0, 0.1) is 0 Å². The molecule has 0 bridgehead atoms. The molecule has 1 rings (SSSR count). The van der Waals surface area contributed by atoms with E-state index in [-0.39, 0.29) is 19.3 Å². The molecule has 0 saturated carbocycles. The van der Waals surface area contributed by atoms with Crippen LogP contribution in [-0.4, -0.2) is 45.6 Å². The first-order valence-electron chi connectivity index (χ1n) is 12.6. The Bertz CT molecular complexity index is 664. The third-order valence-corrected chi connectivity index (χ3v) is 5.90. The number of cyclic esters (lactones) is 1. The lowest BCUT2D eigenvalue weighted by Gasteiger charge is -2.23. The summed E-state index contributed by atoms with van der Waals surface area (Å²) in [4.78, 5) is 23.7. The number of ether oxygens (including phenoxy) is 1. The number of hydrogen-bond acceptors (Lipinski definition) is 5. The van der Waals surface area contributed by atoms with E-state index in [0.717, 1.165) is 18.4 Å². The summed E-state index contributed by atoms with van der Waals surface area (Å²) in [6, 6.07) is 0. The van der Waals surface area contributed by atoms with Gasteiger partial charge in [0.2, 0.25) is 0 Å². The Hall–Kier alpha value is -1.92. The third kappa shape index (κ3) is 15.5. The molecular formula is C27H44O6. The molecule has 1 aliphatic rings. The van der Waals surface area contributed by atoms with Gasteiger partial charge < -0.3 is 20.1 Å². The highest BCUT2D eigenvalue weighted by Crippen LogP contribution is 2.20. The highest BCUT2D eigenvalue weighted by molar-refractivity contribution is 5.84. The summed E-state index contributed by atoms with van der Waals surface area (Å²) in [5, 5.41) is 30.2. The minimum Gasteiger partial charge on any atom is -0.481 e. The predicted octanol–water partition coefficient (Wildman–Crippen LogP) is 5.63. The topological polar surface area (TPSA) is 104 Å². The molecular weight excluding hydrogens is 420 g/mol. The largest absolute Gasteiger partial charge is 0.481 e. The minimum atomic E-state index is -1.00. The molecule has 6 nitrogen and oxygen atoms in total. The molecule has 0 unspecified atom stereocenters. The minimum absolute atomic E-state index is 0.234. The van der Waals surface area contributed by atoms with Crippen LogP contribution in [0.2, 0.25) is 0 Å². The molecule has 6 heteroatoms. The van der Waals surface area contributed by atoms with Gasteiger partial charge >= 0.3 is 11.9 Å². The second-order valence-corrected chi connectivity index (χ2v) is 9.29. The normalized spacial score (nSPS) is 25.6. The van der Waals surface area contributed by atoms with Gasteiger partial charge in [-0.05, 0) is 38.2 Å². The summed E-state index contributed by atoms with van der Waals surface area (Å²) in [5.41, 5.74) is 1.50. The number of allylic oxidation sites excluding steroid dienone is 3. The van der Waals surface area contributed by atoms with Crippen molar-refractivity contribution >= 4 is 11.9 Å². The quantitative estimate of drug-likeness (QED) is 0.196. The number of aliphatic carboxylic acids is 1. The molecule has 0 aliphatic carbocycles. The Labute approximate surface area is 199 Å². The van der Waals surface area contributed by atoms with Gasteiger partial charge in [-0.3, -0.25) is 4.79 Å². The number of carboxylic acids is 1. The number of carboxylic acid groups (broad SMARTS) is 1. The Kier molecular flexibility index (Phi) is 15.5. The molecule has 0 aromatic heterocycles. The van der Waals surface area contributed by atoms with Crippen molar-refractivity contribution in [3.8, 4) is 0 Å². The van der Waals surface area contributed by atoms with E-state index < -0.39 is 30.3 Å². The third-order valence-electron chi connectivity index (χ3n) is 5.90. The molecule has 1 heterocycles. The average Bonchev–Trinajstić information content (AvgIpc) is 2.71. The standard InChI is InChI=1S/C27H44O6/c1-3-4-5-6-7-8-12-15-23(28)19-25-20-24(29)16-21(2)13-10-9-11-14-22(17-26(30)31)18-27(32)33-25/h9,11,13,18,23-25,28-29H,3-8,10,12,14-17,19-20H2,1-2H3,(H,30,31)/b11-9-,21-13-,22-18-/t23-,24-,25-/m0/s1. The van der Waals surface area contributed by atoms with Gasteiger partial charge in [0.05, 0.1) is 18.6 Å². The lowest BCUT2D eigenvalue weighted by Crippen LogP contribution is -2.28. The predicted molar refractivity (Wildman–Crippen MR) is 131 cm³/mol. The monoisotopic (exact) mass is 464 g/mol. The Morgan fingerprint density at radius 2 is 1.85 bits per heavy atom. The van der Waals surface area contributed by atoms with Crippen molar-refractivity contribution in [2.75, 3.05) is 0 Å². The number of hydrogen-bond donors (Lipinski definition) is 3. The molecule has 33 heavy (non-hydrogen) atoms. The number of rotatable bonds is 12. The summed E-state index contributed by atoms with van der Waals surface area (Å²) >= 11 is 0. The fourth-order valence-corrected chi connectivity index (χ4v) is 4.13. The van der Waals surface area contributed by atoms with E-state index in [4.69, 9.17) is 9.84 Å². The number of carbonyl (C=O) groups excluding carboxylic acids is 1. The van der Waals surface area contributed by atoms with Gasteiger partial charge in [-0.15, -0.1) is 0 Å². The van der Waals surface area contributed by atoms with Crippen LogP contribution >= 0.6 is 0 Å². The molecule has 0 radical (unpaired) electrons. The summed E-state index contributed by atoms with van der Waals surface area (Å²) in [7, 11) is 0. The van der Waals surface area contributed by atoms with Crippen LogP contribution in [0.1, 0.15) is 104 Å². The van der Waals surface area contributed by atoms with Gasteiger partial charge in [-0.25, -0.2) is 4.79 Å². The Morgan fingerprint density at radius 3 is 2.55 bits per heavy atom. The van der Waals surface area contributed by atoms with Crippen molar-refractivity contribution in [3.05, 3.63) is 35.5 Å². The fraction of sp³-hybridized carbons (Fsp3) is 0.704. The molecule has 0 amide bonds. The van der Waals surface area contributed by atoms with Gasteiger partial charge in [-0.2, -0.15) is 0 Å². The van der Waals surface area contributed by atoms with E-state index >= 15 is 0 Å². The molecule has 0 spiro atoms. The number of aliphatic hydroxyl groups excluding tert-OH is 2. The summed E-state index contributed by atoms with van der Waals surface area (Å²) in [6.07, 6.45) is 15.7. The number of carbonyl (C=O) groups is 2. The van der Waals surface area contributed by atoms with Crippen molar-refractivity contribution in [3.63, 3.8) is 0 Å². The van der Waals surface area contributed by atoms with Crippen LogP contribution in [0.5, 0.6) is 0 Å². The van der Waals surface area contributed by atoms with Crippen LogP contribution in [-0.2, 0) is 14.3 Å². The van der Waals surface area contributed by atoms with Crippen molar-refractivity contribution in [2.24, 2.45) is 0 Å². The fourth-order valence-electron chi connectivity index (χ4n) is 4.13. The van der Waals surface area contributed by atoms with Crippen molar-refractivity contribution in [2.45, 2.75) is 122 Å². The first kappa shape index (κ1) is 29.1. The molecule has 188 valence electrons. The van der Waals surface area contributed by atoms with Gasteiger partial charge in [0.15, 0.2) is 0 Å². The molecule has 0 saturated heterocycles. The van der Waals surface area contributed by atoms with Crippen molar-refractivity contribution in [1.82, 2.24) is 0 Å². The molecule has 3 N–H and O–H groups in total. The maximum absolute atomic E-state index is 12.5. The zero-order valence-electron chi connectivity index (χ0n) is 20.5. The van der Waals surface area contributed by atoms with Crippen LogP contribution in [0.25, 0.3) is 0 Å². The van der Waals surface area contributed by atoms with Crippen LogP contribution < -0.4 is 0 Å². The van der Waals surface area contributed by atoms with Crippen molar-refractivity contribution in [1.29, 1.82) is 0 Å². The smallest absolute Gasteiger partial charge is 0.331 e. The summed E-state index contributed by atoms with van der Waals surface area (Å²) in [5.74, 6) is -1.62. The van der Waals surface area contributed by atoms with Gasteiger partial charge in [0.25, 0.3) is 0 Å². The molecule has 0 fully saturated rings. The second-order valence-electron chi connectivity index (χ2n) is 9.29. The first-order chi connectivity index (χ1) is 15.8. The molecule has 3 atom stereocenters. The van der Waals surface area contributed by atoms with Gasteiger partial charge in [0, 0.05) is 18.9 Å². The van der Waals surface area contributed by atoms with E-state index in [1.807, 2.05) is 25.2 Å². The number of aliphatic hydroxyl groups is 2. The SMILES string of the molecule is CCCCCCCCC[C@H](O)C[C@H]1C[C@@H](O)C/C(C)=C\C/C=C\C/C(CC(=O)O)=C/C(=O)O1. The summed E-state index contributed by atoms with van der Waals surface area (Å²) < 4.78 is 5.58. The van der Waals surface area contributed by atoms with E-state index in [1.165, 1.54) is 38.2 Å². The second kappa shape index (κ2) is 17.5. The zero-order valence-corrected chi connectivity index (χ0v) is 20.5. The number of unbranched alkanes of at least 4 members (excludes halogenated alkanes) is 6. The average molecular weight is 465 g/mol. The van der Waals surface area contributed by atoms with E-state index in [1.54, 1.807) is 0 Å². The van der Waals surface area contributed by atoms with Crippen LogP contribution in [0.3, 0.4) is 0 Å². The van der Waals surface area contributed by atoms with E-state index in [9.17, 15) is 19.8 Å². The molecule has 0 aromatic carbocycles. The van der Waals surface area contributed by atoms with Crippen molar-refractivity contribution < 1.29 is 29.6 Å². The Morgan fingerprint density at radius 1 is 1.15 bits per heavy atom. The lowest BCUT2D eigenvalue weighted by atomic mass is 9.97. The van der Waals surface area contributed by atoms with Gasteiger partial charge in [-0.1, -0.05) is 75.7 Å². The summed E-state index contributed by atoms with van der Waals surface area (Å²) in [6.45, 7) is 4.15. The first-order valence-corrected chi connectivity index (χ1v) is 12.6. The van der Waals surface area contributed by atoms with Crippen LogP contribution in [0.15, 0.2) is 35.5 Å². The molecule has 1 aliphatic heterocycles. The highest BCUT2D eigenvalue weighted by atomic mass is 16.5. The zero-order chi connectivity index (χ0) is 24.5. The highest BCUT2D eigenvalue weighted by Gasteiger charge is 2.22. The number of esters is 1. The van der Waals surface area contributed by atoms with Crippen LogP contribution in [0.4, 0.5) is 0 Å². The lowest BCUT2D eigenvalue weighted by molar-refractivity contribution is -0.146. The van der Waals surface area contributed by atoms with E-state index in [2.05, 4.69) is 6.92 Å².